The molecule has 1 aliphatic carbocycles. The minimum Gasteiger partial charge on any atom is -0.395 e. The highest BCUT2D eigenvalue weighted by Gasteiger charge is 2.38. The van der Waals surface area contributed by atoms with Crippen LogP contribution in [0.15, 0.2) is 0 Å². The SMILES string of the molecule is CNC1C(CN(CCO)C(C)C)CCCC1(C)C. The summed E-state index contributed by atoms with van der Waals surface area (Å²) in [6.07, 6.45) is 3.96. The maximum absolute atomic E-state index is 9.18. The molecule has 0 amide bonds. The summed E-state index contributed by atoms with van der Waals surface area (Å²) in [5.41, 5.74) is 0.388. The lowest BCUT2D eigenvalue weighted by Crippen LogP contribution is -2.52. The Balaban J connectivity index is 2.68. The largest absolute Gasteiger partial charge is 0.395 e. The van der Waals surface area contributed by atoms with E-state index in [1.807, 2.05) is 0 Å². The number of hydrogen-bond donors (Lipinski definition) is 2. The summed E-state index contributed by atoms with van der Waals surface area (Å²) < 4.78 is 0. The fourth-order valence-electron chi connectivity index (χ4n) is 3.59. The maximum atomic E-state index is 9.18. The third-order valence-corrected chi connectivity index (χ3v) is 4.61. The standard InChI is InChI=1S/C15H32N2O/c1-12(2)17(9-10-18)11-13-7-6-8-15(3,4)14(13)16-5/h12-14,16,18H,6-11H2,1-5H3. The third-order valence-electron chi connectivity index (χ3n) is 4.61. The summed E-state index contributed by atoms with van der Waals surface area (Å²) in [5, 5.41) is 12.7. The summed E-state index contributed by atoms with van der Waals surface area (Å²) in [6.45, 7) is 11.4. The third kappa shape index (κ3) is 3.94. The molecule has 0 aromatic rings. The predicted octanol–water partition coefficient (Wildman–Crippen LogP) is 2.10. The molecule has 2 N–H and O–H groups in total. The summed E-state index contributed by atoms with van der Waals surface area (Å²) in [4.78, 5) is 2.41. The molecule has 0 bridgehead atoms. The zero-order valence-electron chi connectivity index (χ0n) is 12.9. The number of nitrogens with zero attached hydrogens (tertiary/aromatic N) is 1. The Bertz CT molecular complexity index is 241. The van der Waals surface area contributed by atoms with E-state index in [4.69, 9.17) is 0 Å². The van der Waals surface area contributed by atoms with Gasteiger partial charge in [-0.3, -0.25) is 4.90 Å². The van der Waals surface area contributed by atoms with Crippen molar-refractivity contribution in [2.24, 2.45) is 11.3 Å². The molecule has 18 heavy (non-hydrogen) atoms. The van der Waals surface area contributed by atoms with Crippen molar-refractivity contribution in [2.45, 2.75) is 59.0 Å². The first-order valence-corrected chi connectivity index (χ1v) is 7.44. The van der Waals surface area contributed by atoms with Crippen molar-refractivity contribution >= 4 is 0 Å². The van der Waals surface area contributed by atoms with Gasteiger partial charge in [0.1, 0.15) is 0 Å². The van der Waals surface area contributed by atoms with E-state index in [2.05, 4.69) is 45.0 Å². The molecule has 1 saturated carbocycles. The molecular formula is C15H32N2O. The molecule has 0 aromatic carbocycles. The zero-order valence-corrected chi connectivity index (χ0v) is 12.9. The zero-order chi connectivity index (χ0) is 13.8. The number of hydrogen-bond acceptors (Lipinski definition) is 3. The van der Waals surface area contributed by atoms with E-state index in [0.717, 1.165) is 13.1 Å². The van der Waals surface area contributed by atoms with Gasteiger partial charge in [-0.05, 0) is 45.1 Å². The summed E-state index contributed by atoms with van der Waals surface area (Å²) >= 11 is 0. The van der Waals surface area contributed by atoms with E-state index < -0.39 is 0 Å². The first-order chi connectivity index (χ1) is 8.42. The van der Waals surface area contributed by atoms with Crippen LogP contribution in [0.5, 0.6) is 0 Å². The lowest BCUT2D eigenvalue weighted by Gasteiger charge is -2.46. The maximum Gasteiger partial charge on any atom is 0.0558 e. The smallest absolute Gasteiger partial charge is 0.0558 e. The summed E-state index contributed by atoms with van der Waals surface area (Å²) in [5.74, 6) is 0.702. The predicted molar refractivity (Wildman–Crippen MR) is 77.8 cm³/mol. The molecule has 0 aromatic heterocycles. The van der Waals surface area contributed by atoms with Crippen molar-refractivity contribution < 1.29 is 5.11 Å². The average molecular weight is 256 g/mol. The van der Waals surface area contributed by atoms with Gasteiger partial charge in [0.25, 0.3) is 0 Å². The van der Waals surface area contributed by atoms with Crippen molar-refractivity contribution in [3.8, 4) is 0 Å². The second-order valence-electron chi connectivity index (χ2n) is 6.72. The molecule has 1 aliphatic rings. The molecule has 0 aliphatic heterocycles. The Morgan fingerprint density at radius 3 is 2.56 bits per heavy atom. The summed E-state index contributed by atoms with van der Waals surface area (Å²) in [7, 11) is 2.09. The molecular weight excluding hydrogens is 224 g/mol. The Labute approximate surface area is 113 Å². The van der Waals surface area contributed by atoms with Gasteiger partial charge in [-0.15, -0.1) is 0 Å². The second kappa shape index (κ2) is 6.88. The van der Waals surface area contributed by atoms with Gasteiger partial charge in [-0.2, -0.15) is 0 Å². The van der Waals surface area contributed by atoms with Crippen molar-refractivity contribution in [3.05, 3.63) is 0 Å². The van der Waals surface area contributed by atoms with Gasteiger partial charge in [0.2, 0.25) is 0 Å². The van der Waals surface area contributed by atoms with E-state index >= 15 is 0 Å². The monoisotopic (exact) mass is 256 g/mol. The molecule has 3 heteroatoms. The van der Waals surface area contributed by atoms with E-state index in [0.29, 0.717) is 23.4 Å². The van der Waals surface area contributed by atoms with E-state index in [9.17, 15) is 5.11 Å². The summed E-state index contributed by atoms with van der Waals surface area (Å²) in [6, 6.07) is 1.10. The quantitative estimate of drug-likeness (QED) is 0.764. The van der Waals surface area contributed by atoms with Crippen molar-refractivity contribution in [1.29, 1.82) is 0 Å². The van der Waals surface area contributed by atoms with Crippen molar-refractivity contribution in [1.82, 2.24) is 10.2 Å². The lowest BCUT2D eigenvalue weighted by atomic mass is 9.68. The van der Waals surface area contributed by atoms with Gasteiger partial charge in [-0.1, -0.05) is 20.3 Å². The molecule has 0 radical (unpaired) electrons. The van der Waals surface area contributed by atoms with Crippen LogP contribution in [-0.4, -0.2) is 48.8 Å². The Morgan fingerprint density at radius 2 is 2.06 bits per heavy atom. The van der Waals surface area contributed by atoms with Gasteiger partial charge < -0.3 is 10.4 Å². The van der Waals surface area contributed by atoms with Gasteiger partial charge in [0, 0.05) is 25.2 Å². The normalized spacial score (nSPS) is 28.0. The number of rotatable bonds is 6. The van der Waals surface area contributed by atoms with Crippen LogP contribution in [0.3, 0.4) is 0 Å². The Kier molecular flexibility index (Phi) is 6.09. The second-order valence-corrected chi connectivity index (χ2v) is 6.72. The average Bonchev–Trinajstić information content (AvgIpc) is 2.27. The van der Waals surface area contributed by atoms with Crippen LogP contribution in [-0.2, 0) is 0 Å². The molecule has 2 unspecified atom stereocenters. The van der Waals surface area contributed by atoms with Crippen LogP contribution in [0.4, 0.5) is 0 Å². The number of aliphatic hydroxyl groups excluding tert-OH is 1. The molecule has 0 heterocycles. The molecule has 108 valence electrons. The Hall–Kier alpha value is -0.120. The minimum atomic E-state index is 0.262. The first kappa shape index (κ1) is 15.9. The fraction of sp³-hybridized carbons (Fsp3) is 1.00. The van der Waals surface area contributed by atoms with Crippen molar-refractivity contribution in [3.63, 3.8) is 0 Å². The van der Waals surface area contributed by atoms with E-state index in [1.165, 1.54) is 19.3 Å². The van der Waals surface area contributed by atoms with Crippen LogP contribution in [0, 0.1) is 11.3 Å². The minimum absolute atomic E-state index is 0.262. The molecule has 1 fully saturated rings. The topological polar surface area (TPSA) is 35.5 Å². The first-order valence-electron chi connectivity index (χ1n) is 7.44. The van der Waals surface area contributed by atoms with Gasteiger partial charge in [0.15, 0.2) is 0 Å². The molecule has 0 saturated heterocycles. The molecule has 1 rings (SSSR count). The van der Waals surface area contributed by atoms with Crippen LogP contribution in [0.25, 0.3) is 0 Å². The fourth-order valence-corrected chi connectivity index (χ4v) is 3.59. The van der Waals surface area contributed by atoms with Gasteiger partial charge in [-0.25, -0.2) is 0 Å². The Morgan fingerprint density at radius 1 is 1.39 bits per heavy atom. The van der Waals surface area contributed by atoms with E-state index in [-0.39, 0.29) is 6.61 Å². The molecule has 2 atom stereocenters. The number of nitrogens with one attached hydrogen (secondary N) is 1. The van der Waals surface area contributed by atoms with Crippen LogP contribution in [0.1, 0.15) is 47.0 Å². The highest BCUT2D eigenvalue weighted by Crippen LogP contribution is 2.39. The highest BCUT2D eigenvalue weighted by molar-refractivity contribution is 4.94. The van der Waals surface area contributed by atoms with Crippen molar-refractivity contribution in [2.75, 3.05) is 26.7 Å². The van der Waals surface area contributed by atoms with Crippen LogP contribution in [0.2, 0.25) is 0 Å². The van der Waals surface area contributed by atoms with Crippen LogP contribution < -0.4 is 5.32 Å². The van der Waals surface area contributed by atoms with Gasteiger partial charge >= 0.3 is 0 Å². The number of aliphatic hydroxyl groups is 1. The molecule has 3 nitrogen and oxygen atoms in total. The van der Waals surface area contributed by atoms with Gasteiger partial charge in [0.05, 0.1) is 6.61 Å². The van der Waals surface area contributed by atoms with Crippen LogP contribution >= 0.6 is 0 Å². The lowest BCUT2D eigenvalue weighted by molar-refractivity contribution is 0.0659. The molecule has 0 spiro atoms. The van der Waals surface area contributed by atoms with E-state index in [1.54, 1.807) is 0 Å². The highest BCUT2D eigenvalue weighted by atomic mass is 16.3.